The lowest BCUT2D eigenvalue weighted by molar-refractivity contribution is 0.632. The van der Waals surface area contributed by atoms with Crippen LogP contribution in [0.2, 0.25) is 0 Å². The zero-order valence-electron chi connectivity index (χ0n) is 13.5. The largest absolute Gasteiger partial charge is 0.352 e. The number of pyridine rings is 1. The smallest absolute Gasteiger partial charge is 0.225 e. The van der Waals surface area contributed by atoms with E-state index in [0.717, 1.165) is 5.69 Å². The Kier molecular flexibility index (Phi) is 4.65. The van der Waals surface area contributed by atoms with E-state index in [2.05, 4.69) is 25.6 Å². The molecule has 122 valence electrons. The molecule has 0 saturated carbocycles. The van der Waals surface area contributed by atoms with Crippen LogP contribution in [0.15, 0.2) is 54.7 Å². The lowest BCUT2D eigenvalue weighted by Gasteiger charge is -2.13. The van der Waals surface area contributed by atoms with Crippen LogP contribution >= 0.6 is 0 Å². The highest BCUT2D eigenvalue weighted by atomic mass is 19.1. The summed E-state index contributed by atoms with van der Waals surface area (Å²) in [4.78, 5) is 13.2. The first kappa shape index (κ1) is 15.9. The standard InChI is InChI=1S/C18H18FN5/c1-12(2)21-18-23-16(15-9-5-6-10-20-15)11-17(24-18)22-14-8-4-3-7-13(14)19/h3-12H,1-2H3,(H2,21,22,23,24). The molecule has 0 atom stereocenters. The van der Waals surface area contributed by atoms with E-state index in [1.807, 2.05) is 32.0 Å². The van der Waals surface area contributed by atoms with Crippen molar-refractivity contribution in [3.63, 3.8) is 0 Å². The molecule has 5 nitrogen and oxygen atoms in total. The zero-order chi connectivity index (χ0) is 16.9. The first-order valence-corrected chi connectivity index (χ1v) is 7.70. The molecule has 0 fully saturated rings. The molecule has 0 spiro atoms. The average Bonchev–Trinajstić information content (AvgIpc) is 2.57. The molecule has 3 aromatic rings. The summed E-state index contributed by atoms with van der Waals surface area (Å²) in [6.45, 7) is 4.00. The van der Waals surface area contributed by atoms with Gasteiger partial charge >= 0.3 is 0 Å². The molecule has 0 radical (unpaired) electrons. The third-order valence-corrected chi connectivity index (χ3v) is 3.21. The van der Waals surface area contributed by atoms with E-state index < -0.39 is 0 Å². The van der Waals surface area contributed by atoms with Crippen LogP contribution in [0.3, 0.4) is 0 Å². The highest BCUT2D eigenvalue weighted by Gasteiger charge is 2.10. The number of aromatic nitrogens is 3. The van der Waals surface area contributed by atoms with Crippen LogP contribution in [0.4, 0.5) is 21.8 Å². The summed E-state index contributed by atoms with van der Waals surface area (Å²) in [5.74, 6) is 0.625. The van der Waals surface area contributed by atoms with Crippen LogP contribution in [0.1, 0.15) is 13.8 Å². The van der Waals surface area contributed by atoms with Crippen molar-refractivity contribution in [1.29, 1.82) is 0 Å². The number of anilines is 3. The fraction of sp³-hybridized carbons (Fsp3) is 0.167. The molecule has 2 heterocycles. The Balaban J connectivity index is 2.00. The predicted octanol–water partition coefficient (Wildman–Crippen LogP) is 4.24. The summed E-state index contributed by atoms with van der Waals surface area (Å²) in [6, 6.07) is 14.0. The first-order chi connectivity index (χ1) is 11.6. The number of rotatable bonds is 5. The van der Waals surface area contributed by atoms with Crippen molar-refractivity contribution < 1.29 is 4.39 Å². The van der Waals surface area contributed by atoms with Gasteiger partial charge in [0.25, 0.3) is 0 Å². The van der Waals surface area contributed by atoms with Crippen LogP contribution < -0.4 is 10.6 Å². The molecule has 0 aliphatic carbocycles. The molecule has 1 aromatic carbocycles. The van der Waals surface area contributed by atoms with Gasteiger partial charge in [0, 0.05) is 18.3 Å². The molecule has 0 bridgehead atoms. The van der Waals surface area contributed by atoms with Crippen LogP contribution in [0.25, 0.3) is 11.4 Å². The predicted molar refractivity (Wildman–Crippen MR) is 93.7 cm³/mol. The van der Waals surface area contributed by atoms with Crippen LogP contribution in [0.5, 0.6) is 0 Å². The van der Waals surface area contributed by atoms with Gasteiger partial charge in [-0.1, -0.05) is 18.2 Å². The van der Waals surface area contributed by atoms with E-state index in [1.165, 1.54) is 6.07 Å². The highest BCUT2D eigenvalue weighted by molar-refractivity contribution is 5.65. The quantitative estimate of drug-likeness (QED) is 0.735. The SMILES string of the molecule is CC(C)Nc1nc(Nc2ccccc2F)cc(-c2ccccn2)n1. The van der Waals surface area contributed by atoms with E-state index in [1.54, 1.807) is 30.5 Å². The summed E-state index contributed by atoms with van der Waals surface area (Å²) >= 11 is 0. The molecule has 6 heteroatoms. The second-order valence-corrected chi connectivity index (χ2v) is 5.58. The summed E-state index contributed by atoms with van der Waals surface area (Å²) < 4.78 is 13.9. The maximum atomic E-state index is 13.9. The second kappa shape index (κ2) is 7.04. The number of benzene rings is 1. The van der Waals surface area contributed by atoms with Crippen molar-refractivity contribution in [3.05, 3.63) is 60.5 Å². The van der Waals surface area contributed by atoms with Crippen LogP contribution in [-0.2, 0) is 0 Å². The topological polar surface area (TPSA) is 62.7 Å². The van der Waals surface area contributed by atoms with Crippen molar-refractivity contribution >= 4 is 17.5 Å². The van der Waals surface area contributed by atoms with E-state index in [-0.39, 0.29) is 11.9 Å². The van der Waals surface area contributed by atoms with Crippen molar-refractivity contribution in [2.75, 3.05) is 10.6 Å². The maximum absolute atomic E-state index is 13.9. The second-order valence-electron chi connectivity index (χ2n) is 5.58. The Morgan fingerprint density at radius 2 is 1.75 bits per heavy atom. The Labute approximate surface area is 140 Å². The minimum atomic E-state index is -0.339. The normalized spacial score (nSPS) is 10.7. The van der Waals surface area contributed by atoms with Gasteiger partial charge in [0.05, 0.1) is 17.1 Å². The van der Waals surface area contributed by atoms with E-state index >= 15 is 0 Å². The van der Waals surface area contributed by atoms with Gasteiger partial charge in [0.15, 0.2) is 0 Å². The lowest BCUT2D eigenvalue weighted by Crippen LogP contribution is -2.13. The van der Waals surface area contributed by atoms with E-state index in [0.29, 0.717) is 23.1 Å². The van der Waals surface area contributed by atoms with Gasteiger partial charge in [-0.05, 0) is 38.1 Å². The van der Waals surface area contributed by atoms with Gasteiger partial charge in [-0.15, -0.1) is 0 Å². The van der Waals surface area contributed by atoms with E-state index in [9.17, 15) is 4.39 Å². The maximum Gasteiger partial charge on any atom is 0.225 e. The molecule has 0 saturated heterocycles. The third kappa shape index (κ3) is 3.84. The summed E-state index contributed by atoms with van der Waals surface area (Å²) in [5, 5.41) is 6.17. The fourth-order valence-corrected chi connectivity index (χ4v) is 2.18. The minimum absolute atomic E-state index is 0.172. The van der Waals surface area contributed by atoms with Crippen LogP contribution in [-0.4, -0.2) is 21.0 Å². The van der Waals surface area contributed by atoms with Gasteiger partial charge in [-0.3, -0.25) is 4.98 Å². The monoisotopic (exact) mass is 323 g/mol. The molecule has 0 unspecified atom stereocenters. The van der Waals surface area contributed by atoms with Crippen LogP contribution in [0, 0.1) is 5.82 Å². The number of hydrogen-bond acceptors (Lipinski definition) is 5. The van der Waals surface area contributed by atoms with Gasteiger partial charge in [0.2, 0.25) is 5.95 Å². The number of nitrogens with one attached hydrogen (secondary N) is 2. The molecule has 0 aliphatic rings. The third-order valence-electron chi connectivity index (χ3n) is 3.21. The van der Waals surface area contributed by atoms with Crippen molar-refractivity contribution in [2.45, 2.75) is 19.9 Å². The van der Waals surface area contributed by atoms with Gasteiger partial charge in [0.1, 0.15) is 11.6 Å². The Morgan fingerprint density at radius 3 is 2.46 bits per heavy atom. The van der Waals surface area contributed by atoms with Crippen molar-refractivity contribution in [3.8, 4) is 11.4 Å². The highest BCUT2D eigenvalue weighted by Crippen LogP contribution is 2.23. The minimum Gasteiger partial charge on any atom is -0.352 e. The Bertz CT molecular complexity index is 821. The molecular weight excluding hydrogens is 305 g/mol. The Hall–Kier alpha value is -3.02. The average molecular weight is 323 g/mol. The van der Waals surface area contributed by atoms with E-state index in [4.69, 9.17) is 0 Å². The summed E-state index contributed by atoms with van der Waals surface area (Å²) in [6.07, 6.45) is 1.71. The zero-order valence-corrected chi connectivity index (χ0v) is 13.5. The number of nitrogens with zero attached hydrogens (tertiary/aromatic N) is 3. The molecule has 2 N–H and O–H groups in total. The van der Waals surface area contributed by atoms with Gasteiger partial charge < -0.3 is 10.6 Å². The number of para-hydroxylation sites is 1. The molecular formula is C18H18FN5. The first-order valence-electron chi connectivity index (χ1n) is 7.70. The summed E-state index contributed by atoms with van der Waals surface area (Å²) in [7, 11) is 0. The molecule has 3 rings (SSSR count). The van der Waals surface area contributed by atoms with Gasteiger partial charge in [-0.2, -0.15) is 4.98 Å². The van der Waals surface area contributed by atoms with Crippen molar-refractivity contribution in [2.24, 2.45) is 0 Å². The fourth-order valence-electron chi connectivity index (χ4n) is 2.18. The van der Waals surface area contributed by atoms with Crippen molar-refractivity contribution in [1.82, 2.24) is 15.0 Å². The molecule has 0 aliphatic heterocycles. The molecule has 2 aromatic heterocycles. The summed E-state index contributed by atoms with van der Waals surface area (Å²) in [5.41, 5.74) is 1.74. The lowest BCUT2D eigenvalue weighted by atomic mass is 10.2. The molecule has 0 amide bonds. The molecule has 24 heavy (non-hydrogen) atoms. The van der Waals surface area contributed by atoms with Gasteiger partial charge in [-0.25, -0.2) is 9.37 Å². The Morgan fingerprint density at radius 1 is 0.958 bits per heavy atom. The number of hydrogen-bond donors (Lipinski definition) is 2. The number of halogens is 1.